The number of rotatable bonds is 6. The van der Waals surface area contributed by atoms with E-state index in [1.807, 2.05) is 20.8 Å². The van der Waals surface area contributed by atoms with E-state index in [0.29, 0.717) is 12.6 Å². The largest absolute Gasteiger partial charge is 0.457 e. The van der Waals surface area contributed by atoms with Crippen LogP contribution in [0.2, 0.25) is 0 Å². The van der Waals surface area contributed by atoms with E-state index in [-0.39, 0.29) is 18.2 Å². The molecule has 0 saturated carbocycles. The molecule has 0 bridgehead atoms. The Bertz CT molecular complexity index is 395. The van der Waals surface area contributed by atoms with Gasteiger partial charge in [-0.15, -0.1) is 0 Å². The van der Waals surface area contributed by atoms with E-state index < -0.39 is 16.6 Å². The third kappa shape index (κ3) is 18.0. The Labute approximate surface area is 124 Å². The monoisotopic (exact) mass is 301 g/mol. The molecule has 0 aliphatic heterocycles. The van der Waals surface area contributed by atoms with Gasteiger partial charge in [-0.3, -0.25) is 14.9 Å². The lowest BCUT2D eigenvalue weighted by Crippen LogP contribution is -2.22. The van der Waals surface area contributed by atoms with Crippen molar-refractivity contribution >= 4 is 11.8 Å². The molecule has 120 valence electrons. The number of carbonyl (C=O) groups is 2. The van der Waals surface area contributed by atoms with Crippen molar-refractivity contribution in [2.45, 2.75) is 52.2 Å². The van der Waals surface area contributed by atoms with Gasteiger partial charge in [-0.25, -0.2) is 4.79 Å². The molecule has 0 fully saturated rings. The molecular weight excluding hydrogens is 278 g/mol. The van der Waals surface area contributed by atoms with Crippen LogP contribution in [-0.4, -0.2) is 33.5 Å². The van der Waals surface area contributed by atoms with Gasteiger partial charge < -0.3 is 9.84 Å². The molecule has 0 spiro atoms. The first kappa shape index (κ1) is 21.3. The zero-order chi connectivity index (χ0) is 17.1. The summed E-state index contributed by atoms with van der Waals surface area (Å²) in [5.41, 5.74) is -0.398. The highest BCUT2D eigenvalue weighted by Crippen LogP contribution is 2.06. The number of esters is 1. The number of ether oxygens (including phenoxy) is 1. The molecule has 0 aliphatic carbocycles. The van der Waals surface area contributed by atoms with E-state index in [0.717, 1.165) is 12.2 Å². The third-order valence-electron chi connectivity index (χ3n) is 1.83. The maximum absolute atomic E-state index is 10.7. The first-order chi connectivity index (χ1) is 9.51. The number of aliphatic hydroxyl groups excluding tert-OH is 1. The maximum Gasteiger partial charge on any atom is 0.330 e. The maximum atomic E-state index is 10.7. The lowest BCUT2D eigenvalue weighted by Gasteiger charge is -2.17. The highest BCUT2D eigenvalue weighted by molar-refractivity contribution is 5.81. The zero-order valence-electron chi connectivity index (χ0n) is 12.9. The number of nitrogens with zero attached hydrogens (tertiary/aromatic N) is 1. The Kier molecular flexibility index (Phi) is 10.9. The van der Waals surface area contributed by atoms with E-state index in [1.165, 1.54) is 0 Å². The number of ketones is 1. The predicted octanol–water partition coefficient (Wildman–Crippen LogP) is 2.02. The first-order valence-corrected chi connectivity index (χ1v) is 6.38. The van der Waals surface area contributed by atoms with Crippen LogP contribution in [0.15, 0.2) is 24.9 Å². The Balaban J connectivity index is 0. The van der Waals surface area contributed by atoms with Gasteiger partial charge in [0.05, 0.1) is 11.0 Å². The number of carbonyl (C=O) groups excluding carboxylic acids is 2. The van der Waals surface area contributed by atoms with E-state index in [2.05, 4.69) is 6.58 Å². The van der Waals surface area contributed by atoms with Crippen LogP contribution in [0.4, 0.5) is 0 Å². The molecule has 0 aliphatic rings. The fourth-order valence-corrected chi connectivity index (χ4v) is 0.959. The predicted molar refractivity (Wildman–Crippen MR) is 78.1 cm³/mol. The Morgan fingerprint density at radius 3 is 2.24 bits per heavy atom. The number of Topliss-reactive ketones (excluding diaryl/α,β-unsaturated/α-hetero) is 1. The second-order valence-electron chi connectivity index (χ2n) is 5.03. The highest BCUT2D eigenvalue weighted by atomic mass is 16.6. The van der Waals surface area contributed by atoms with Crippen LogP contribution in [0.3, 0.4) is 0 Å². The molecule has 0 aromatic rings. The van der Waals surface area contributed by atoms with Crippen molar-refractivity contribution < 1.29 is 24.4 Å². The van der Waals surface area contributed by atoms with Gasteiger partial charge in [0.1, 0.15) is 11.4 Å². The van der Waals surface area contributed by atoms with Crippen molar-refractivity contribution in [2.75, 3.05) is 0 Å². The molecule has 21 heavy (non-hydrogen) atoms. The fourth-order valence-electron chi connectivity index (χ4n) is 0.959. The third-order valence-corrected chi connectivity index (χ3v) is 1.83. The smallest absolute Gasteiger partial charge is 0.330 e. The average molecular weight is 301 g/mol. The van der Waals surface area contributed by atoms with Gasteiger partial charge in [-0.1, -0.05) is 13.5 Å². The molecule has 1 N–H and O–H groups in total. The zero-order valence-corrected chi connectivity index (χ0v) is 12.9. The fraction of sp³-hybridized carbons (Fsp3) is 0.571. The summed E-state index contributed by atoms with van der Waals surface area (Å²) in [6.07, 6.45) is 2.03. The van der Waals surface area contributed by atoms with Gasteiger partial charge in [-0.05, 0) is 20.8 Å². The summed E-state index contributed by atoms with van der Waals surface area (Å²) in [4.78, 5) is 30.3. The molecule has 0 amide bonds. The summed E-state index contributed by atoms with van der Waals surface area (Å²) in [7, 11) is 0. The minimum atomic E-state index is -1.04. The highest BCUT2D eigenvalue weighted by Gasteiger charge is 2.12. The minimum absolute atomic E-state index is 0.0547. The normalized spacial score (nSPS) is 12.0. The summed E-state index contributed by atoms with van der Waals surface area (Å²) in [5.74, 6) is -0.488. The van der Waals surface area contributed by atoms with Gasteiger partial charge in [-0.2, -0.15) is 0 Å². The number of hydrogen-bond donors (Lipinski definition) is 1. The molecule has 0 aromatic heterocycles. The lowest BCUT2D eigenvalue weighted by molar-refractivity contribution is -0.402. The van der Waals surface area contributed by atoms with Gasteiger partial charge in [0.15, 0.2) is 0 Å². The van der Waals surface area contributed by atoms with Crippen molar-refractivity contribution in [3.8, 4) is 0 Å². The summed E-state index contributed by atoms with van der Waals surface area (Å²) in [6.45, 7) is 10.4. The molecule has 0 radical (unpaired) electrons. The summed E-state index contributed by atoms with van der Waals surface area (Å²) in [6, 6.07) is 0. The van der Waals surface area contributed by atoms with E-state index in [9.17, 15) is 19.7 Å². The Hall–Kier alpha value is -2.02. The van der Waals surface area contributed by atoms with Crippen molar-refractivity contribution in [3.63, 3.8) is 0 Å². The van der Waals surface area contributed by atoms with Crippen LogP contribution in [0.25, 0.3) is 0 Å². The molecule has 0 aromatic carbocycles. The van der Waals surface area contributed by atoms with Gasteiger partial charge in [0.25, 0.3) is 0 Å². The van der Waals surface area contributed by atoms with E-state index in [1.54, 1.807) is 6.92 Å². The SMILES string of the molecule is C=CC(=O)OC(C)(C)C.CCC(=O)CC(O)C=C[N+](=O)[O-]. The number of hydrogen-bond acceptors (Lipinski definition) is 6. The molecule has 0 rings (SSSR count). The lowest BCUT2D eigenvalue weighted by atomic mass is 10.1. The van der Waals surface area contributed by atoms with Crippen molar-refractivity contribution in [1.82, 2.24) is 0 Å². The molecule has 1 unspecified atom stereocenters. The topological polar surface area (TPSA) is 107 Å². The standard InChI is InChI=1S/C7H11NO4.C7H12O2/c1-2-6(9)5-7(10)3-4-8(11)12;1-5-6(8)9-7(2,3)4/h3-4,7,10H,2,5H2,1H3;5H,1H2,2-4H3. The Morgan fingerprint density at radius 1 is 1.43 bits per heavy atom. The summed E-state index contributed by atoms with van der Waals surface area (Å²) >= 11 is 0. The quantitative estimate of drug-likeness (QED) is 0.348. The van der Waals surface area contributed by atoms with Crippen LogP contribution in [0.1, 0.15) is 40.5 Å². The summed E-state index contributed by atoms with van der Waals surface area (Å²) in [5, 5.41) is 18.8. The van der Waals surface area contributed by atoms with E-state index >= 15 is 0 Å². The second kappa shape index (κ2) is 10.7. The van der Waals surface area contributed by atoms with Crippen molar-refractivity contribution in [1.29, 1.82) is 0 Å². The van der Waals surface area contributed by atoms with Gasteiger partial charge in [0.2, 0.25) is 6.20 Å². The van der Waals surface area contributed by atoms with Crippen LogP contribution in [0.5, 0.6) is 0 Å². The summed E-state index contributed by atoms with van der Waals surface area (Å²) < 4.78 is 4.83. The Morgan fingerprint density at radius 2 is 1.95 bits per heavy atom. The van der Waals surface area contributed by atoms with Crippen LogP contribution >= 0.6 is 0 Å². The molecule has 1 atom stereocenters. The molecule has 7 heteroatoms. The number of nitro groups is 1. The van der Waals surface area contributed by atoms with Gasteiger partial charge >= 0.3 is 5.97 Å². The average Bonchev–Trinajstić information content (AvgIpc) is 2.34. The molecule has 7 nitrogen and oxygen atoms in total. The van der Waals surface area contributed by atoms with E-state index in [4.69, 9.17) is 9.84 Å². The first-order valence-electron chi connectivity index (χ1n) is 6.38. The van der Waals surface area contributed by atoms with Crippen LogP contribution < -0.4 is 0 Å². The van der Waals surface area contributed by atoms with Crippen LogP contribution in [0, 0.1) is 10.1 Å². The minimum Gasteiger partial charge on any atom is -0.457 e. The molecule has 0 heterocycles. The van der Waals surface area contributed by atoms with Crippen molar-refractivity contribution in [2.24, 2.45) is 0 Å². The van der Waals surface area contributed by atoms with Crippen molar-refractivity contribution in [3.05, 3.63) is 35.0 Å². The number of aliphatic hydroxyl groups is 1. The molecule has 0 saturated heterocycles. The van der Waals surface area contributed by atoms with Crippen LogP contribution in [-0.2, 0) is 14.3 Å². The van der Waals surface area contributed by atoms with Gasteiger partial charge in [0, 0.05) is 25.0 Å². The second-order valence-corrected chi connectivity index (χ2v) is 5.03. The molecular formula is C14H23NO6.